The predicted molar refractivity (Wildman–Crippen MR) is 54.0 cm³/mol. The molecule has 6 heteroatoms. The molecular formula is C8H8N2O3S. The molecule has 14 heavy (non-hydrogen) atoms. The van der Waals surface area contributed by atoms with Crippen LogP contribution in [-0.4, -0.2) is 10.2 Å². The first-order chi connectivity index (χ1) is 6.59. The van der Waals surface area contributed by atoms with E-state index >= 15 is 0 Å². The maximum absolute atomic E-state index is 10.4. The lowest BCUT2D eigenvalue weighted by Gasteiger charge is -1.97. The Morgan fingerprint density at radius 3 is 2.43 bits per heavy atom. The van der Waals surface area contributed by atoms with E-state index in [2.05, 4.69) is 0 Å². The van der Waals surface area contributed by atoms with Crippen molar-refractivity contribution >= 4 is 22.7 Å². The van der Waals surface area contributed by atoms with E-state index < -0.39 is 10.2 Å². The van der Waals surface area contributed by atoms with E-state index in [0.29, 0.717) is 5.75 Å². The van der Waals surface area contributed by atoms with E-state index in [1.54, 1.807) is 12.1 Å². The van der Waals surface area contributed by atoms with Crippen molar-refractivity contribution in [1.29, 1.82) is 0 Å². The van der Waals surface area contributed by atoms with Crippen LogP contribution >= 0.6 is 11.8 Å². The van der Waals surface area contributed by atoms with Gasteiger partial charge in [0.15, 0.2) is 0 Å². The monoisotopic (exact) mass is 212 g/mol. The number of carbonyl (C=O) groups is 1. The Balaban J connectivity index is 2.64. The molecule has 2 N–H and O–H groups in total. The number of carbonyl (C=O) groups excluding carboxylic acids is 1. The summed E-state index contributed by atoms with van der Waals surface area (Å²) in [5.74, 6) is 0.438. The van der Waals surface area contributed by atoms with Gasteiger partial charge in [-0.2, -0.15) is 0 Å². The van der Waals surface area contributed by atoms with Crippen molar-refractivity contribution in [3.8, 4) is 0 Å². The maximum Gasteiger partial charge on any atom is 0.276 e. The highest BCUT2D eigenvalue weighted by Crippen LogP contribution is 2.16. The van der Waals surface area contributed by atoms with E-state index in [1.807, 2.05) is 0 Å². The highest BCUT2D eigenvalue weighted by Gasteiger charge is 2.04. The van der Waals surface area contributed by atoms with Crippen molar-refractivity contribution < 1.29 is 9.72 Å². The van der Waals surface area contributed by atoms with Gasteiger partial charge in [-0.25, -0.2) is 0 Å². The molecule has 0 bridgehead atoms. The van der Waals surface area contributed by atoms with Crippen molar-refractivity contribution in [3.05, 3.63) is 39.9 Å². The van der Waals surface area contributed by atoms with E-state index in [4.69, 9.17) is 5.73 Å². The summed E-state index contributed by atoms with van der Waals surface area (Å²) in [6.07, 6.45) is 0. The Morgan fingerprint density at radius 2 is 2.00 bits per heavy atom. The molecule has 0 heterocycles. The number of nitrogens with zero attached hydrogens (tertiary/aromatic N) is 1. The molecule has 5 nitrogen and oxygen atoms in total. The van der Waals surface area contributed by atoms with Crippen LogP contribution in [0.5, 0.6) is 0 Å². The highest BCUT2D eigenvalue weighted by molar-refractivity contribution is 8.12. The molecule has 74 valence electrons. The summed E-state index contributed by atoms with van der Waals surface area (Å²) in [7, 11) is 0. The summed E-state index contributed by atoms with van der Waals surface area (Å²) in [5, 5.41) is 9.85. The summed E-state index contributed by atoms with van der Waals surface area (Å²) < 4.78 is 0. The van der Waals surface area contributed by atoms with Gasteiger partial charge in [0.1, 0.15) is 0 Å². The SMILES string of the molecule is NC(=O)SCc1ccc([N+](=O)[O-])cc1. The fourth-order valence-corrected chi connectivity index (χ4v) is 1.37. The molecule has 1 amide bonds. The minimum absolute atomic E-state index is 0.0397. The molecule has 0 saturated carbocycles. The number of hydrogen-bond donors (Lipinski definition) is 1. The molecule has 0 aliphatic carbocycles. The molecule has 0 aliphatic heterocycles. The van der Waals surface area contributed by atoms with Crippen LogP contribution in [0.15, 0.2) is 24.3 Å². The number of amides is 1. The van der Waals surface area contributed by atoms with Crippen molar-refractivity contribution in [2.45, 2.75) is 5.75 Å². The lowest BCUT2D eigenvalue weighted by atomic mass is 10.2. The smallest absolute Gasteiger partial charge is 0.276 e. The molecular weight excluding hydrogens is 204 g/mol. The van der Waals surface area contributed by atoms with E-state index in [-0.39, 0.29) is 5.69 Å². The second-order valence-electron chi connectivity index (χ2n) is 2.53. The van der Waals surface area contributed by atoms with Gasteiger partial charge >= 0.3 is 0 Å². The van der Waals surface area contributed by atoms with Crippen molar-refractivity contribution in [3.63, 3.8) is 0 Å². The van der Waals surface area contributed by atoms with E-state index in [1.165, 1.54) is 12.1 Å². The molecule has 1 aromatic rings. The normalized spacial score (nSPS) is 9.71. The first kappa shape index (κ1) is 10.5. The zero-order chi connectivity index (χ0) is 10.6. The van der Waals surface area contributed by atoms with Crippen LogP contribution < -0.4 is 5.73 Å². The van der Waals surface area contributed by atoms with Gasteiger partial charge in [-0.3, -0.25) is 14.9 Å². The molecule has 0 saturated heterocycles. The van der Waals surface area contributed by atoms with Crippen molar-refractivity contribution in [2.24, 2.45) is 5.73 Å². The Bertz CT molecular complexity index is 350. The number of rotatable bonds is 3. The fraction of sp³-hybridized carbons (Fsp3) is 0.125. The quantitative estimate of drug-likeness (QED) is 0.612. The Kier molecular flexibility index (Phi) is 3.47. The number of thioether (sulfide) groups is 1. The molecule has 1 aromatic carbocycles. The summed E-state index contributed by atoms with van der Waals surface area (Å²) in [4.78, 5) is 20.3. The lowest BCUT2D eigenvalue weighted by Crippen LogP contribution is -2.02. The number of primary amides is 1. The number of hydrogen-bond acceptors (Lipinski definition) is 4. The second kappa shape index (κ2) is 4.61. The third-order valence-corrected chi connectivity index (χ3v) is 2.29. The predicted octanol–water partition coefficient (Wildman–Crippen LogP) is 1.91. The van der Waals surface area contributed by atoms with Crippen molar-refractivity contribution in [1.82, 2.24) is 0 Å². The molecule has 1 rings (SSSR count). The molecule has 0 atom stereocenters. The second-order valence-corrected chi connectivity index (χ2v) is 3.51. The minimum Gasteiger partial charge on any atom is -0.361 e. The number of benzene rings is 1. The number of nitro benzene ring substituents is 1. The Morgan fingerprint density at radius 1 is 1.43 bits per heavy atom. The number of nitrogens with two attached hydrogens (primary N) is 1. The summed E-state index contributed by atoms with van der Waals surface area (Å²) >= 11 is 0.968. The van der Waals surface area contributed by atoms with Gasteiger partial charge in [0.05, 0.1) is 4.92 Å². The van der Waals surface area contributed by atoms with Gasteiger partial charge in [0.2, 0.25) is 0 Å². The Labute approximate surface area is 84.4 Å². The summed E-state index contributed by atoms with van der Waals surface area (Å²) in [6.45, 7) is 0. The van der Waals surface area contributed by atoms with Gasteiger partial charge in [0.25, 0.3) is 10.9 Å². The first-order valence-corrected chi connectivity index (χ1v) is 4.73. The van der Waals surface area contributed by atoms with Crippen LogP contribution in [0.4, 0.5) is 10.5 Å². The average Bonchev–Trinajstić information content (AvgIpc) is 2.15. The molecule has 0 radical (unpaired) electrons. The topological polar surface area (TPSA) is 86.2 Å². The van der Waals surface area contributed by atoms with Gasteiger partial charge in [-0.1, -0.05) is 23.9 Å². The molecule has 0 aromatic heterocycles. The Hall–Kier alpha value is -1.56. The van der Waals surface area contributed by atoms with Crippen LogP contribution in [0.2, 0.25) is 0 Å². The zero-order valence-corrected chi connectivity index (χ0v) is 7.99. The molecule has 0 unspecified atom stereocenters. The third-order valence-electron chi connectivity index (χ3n) is 1.53. The van der Waals surface area contributed by atoms with Crippen molar-refractivity contribution in [2.75, 3.05) is 0 Å². The van der Waals surface area contributed by atoms with Gasteiger partial charge in [-0.05, 0) is 5.56 Å². The molecule has 0 spiro atoms. The van der Waals surface area contributed by atoms with E-state index in [9.17, 15) is 14.9 Å². The van der Waals surface area contributed by atoms with Gasteiger partial charge < -0.3 is 5.73 Å². The van der Waals surface area contributed by atoms with Crippen LogP contribution in [0.1, 0.15) is 5.56 Å². The molecule has 0 aliphatic rings. The zero-order valence-electron chi connectivity index (χ0n) is 7.17. The van der Waals surface area contributed by atoms with Crippen LogP contribution in [0, 0.1) is 10.1 Å². The standard InChI is InChI=1S/C8H8N2O3S/c9-8(11)14-5-6-1-3-7(4-2-6)10(12)13/h1-4H,5H2,(H2,9,11). The fourth-order valence-electron chi connectivity index (χ4n) is 0.868. The lowest BCUT2D eigenvalue weighted by molar-refractivity contribution is -0.384. The largest absolute Gasteiger partial charge is 0.361 e. The number of non-ortho nitro benzene ring substituents is 1. The minimum atomic E-state index is -0.467. The third kappa shape index (κ3) is 3.06. The van der Waals surface area contributed by atoms with Crippen LogP contribution in [0.25, 0.3) is 0 Å². The number of nitro groups is 1. The first-order valence-electron chi connectivity index (χ1n) is 3.75. The summed E-state index contributed by atoms with van der Waals surface area (Å²) in [5.41, 5.74) is 5.81. The summed E-state index contributed by atoms with van der Waals surface area (Å²) in [6, 6.07) is 6.01. The average molecular weight is 212 g/mol. The van der Waals surface area contributed by atoms with Gasteiger partial charge in [-0.15, -0.1) is 0 Å². The van der Waals surface area contributed by atoms with Gasteiger partial charge in [0, 0.05) is 17.9 Å². The van der Waals surface area contributed by atoms with E-state index in [0.717, 1.165) is 17.3 Å². The van der Waals surface area contributed by atoms with Crippen LogP contribution in [0.3, 0.4) is 0 Å². The molecule has 0 fully saturated rings. The highest BCUT2D eigenvalue weighted by atomic mass is 32.2. The maximum atomic E-state index is 10.4. The van der Waals surface area contributed by atoms with Crippen LogP contribution in [-0.2, 0) is 5.75 Å².